The molecule has 2 amide bonds. The number of hydrogen-bond acceptors (Lipinski definition) is 3. The van der Waals surface area contributed by atoms with E-state index in [-0.39, 0.29) is 30.6 Å². The molecule has 0 aliphatic rings. The molecule has 6 heteroatoms. The van der Waals surface area contributed by atoms with E-state index in [4.69, 9.17) is 0 Å². The van der Waals surface area contributed by atoms with Crippen molar-refractivity contribution in [2.75, 3.05) is 12.8 Å². The topological polar surface area (TPSA) is 49.4 Å². The van der Waals surface area contributed by atoms with E-state index in [9.17, 15) is 14.0 Å². The summed E-state index contributed by atoms with van der Waals surface area (Å²) in [5, 5.41) is 2.68. The van der Waals surface area contributed by atoms with Crippen LogP contribution in [0.3, 0.4) is 0 Å². The summed E-state index contributed by atoms with van der Waals surface area (Å²) in [6.45, 7) is 2.07. The Labute approximate surface area is 199 Å². The third kappa shape index (κ3) is 7.19. The van der Waals surface area contributed by atoms with Crippen LogP contribution in [0.1, 0.15) is 23.1 Å². The highest BCUT2D eigenvalue weighted by atomic mass is 32.2. The highest BCUT2D eigenvalue weighted by Crippen LogP contribution is 2.22. The van der Waals surface area contributed by atoms with Crippen molar-refractivity contribution in [2.24, 2.45) is 0 Å². The van der Waals surface area contributed by atoms with Gasteiger partial charge in [0.15, 0.2) is 0 Å². The van der Waals surface area contributed by atoms with Crippen LogP contribution in [0, 0.1) is 12.7 Å². The first-order valence-electron chi connectivity index (χ1n) is 11.0. The van der Waals surface area contributed by atoms with Crippen LogP contribution in [0.2, 0.25) is 0 Å². The zero-order valence-corrected chi connectivity index (χ0v) is 19.8. The summed E-state index contributed by atoms with van der Waals surface area (Å²) in [6, 6.07) is 23.3. The van der Waals surface area contributed by atoms with Gasteiger partial charge >= 0.3 is 0 Å². The normalized spacial score (nSPS) is 11.6. The zero-order valence-electron chi connectivity index (χ0n) is 19.0. The molecule has 3 aromatic carbocycles. The van der Waals surface area contributed by atoms with E-state index in [2.05, 4.69) is 5.32 Å². The Morgan fingerprint density at radius 2 is 1.64 bits per heavy atom. The van der Waals surface area contributed by atoms with Gasteiger partial charge in [0.2, 0.25) is 11.8 Å². The third-order valence-electron chi connectivity index (χ3n) is 5.42. The third-order valence-corrected chi connectivity index (χ3v) is 6.44. The van der Waals surface area contributed by atoms with Crippen molar-refractivity contribution in [3.8, 4) is 0 Å². The molecule has 1 atom stereocenters. The van der Waals surface area contributed by atoms with Gasteiger partial charge in [-0.25, -0.2) is 4.39 Å². The molecular formula is C27H29FN2O2S. The minimum atomic E-state index is -0.742. The van der Waals surface area contributed by atoms with E-state index in [1.807, 2.05) is 61.5 Å². The Hall–Kier alpha value is -3.12. The average Bonchev–Trinajstić information content (AvgIpc) is 2.83. The summed E-state index contributed by atoms with van der Waals surface area (Å²) in [7, 11) is 1.55. The second kappa shape index (κ2) is 12.2. The highest BCUT2D eigenvalue weighted by Gasteiger charge is 2.30. The number of rotatable bonds is 10. The molecular weight excluding hydrogens is 435 g/mol. The molecule has 0 aromatic heterocycles. The van der Waals surface area contributed by atoms with Gasteiger partial charge in [0.05, 0.1) is 0 Å². The standard InChI is InChI=1S/C27H29FN2O2S/c1-20-12-14-23(15-13-20)33-17-16-26(31)30(19-22-10-6-7-11-24(22)28)25(27(32)29-2)18-21-8-4-3-5-9-21/h3-15,25H,16-19H2,1-2H3,(H,29,32)/t25-/m1/s1. The number of nitrogens with zero attached hydrogens (tertiary/aromatic N) is 1. The maximum Gasteiger partial charge on any atom is 0.242 e. The van der Waals surface area contributed by atoms with Gasteiger partial charge in [-0.1, -0.05) is 66.2 Å². The Morgan fingerprint density at radius 3 is 2.30 bits per heavy atom. The Balaban J connectivity index is 1.81. The van der Waals surface area contributed by atoms with Crippen LogP contribution in [0.4, 0.5) is 4.39 Å². The Bertz CT molecular complexity index is 1060. The van der Waals surface area contributed by atoms with Gasteiger partial charge in [0, 0.05) is 42.6 Å². The molecule has 0 heterocycles. The number of benzene rings is 3. The first-order valence-corrected chi connectivity index (χ1v) is 11.9. The van der Waals surface area contributed by atoms with Crippen molar-refractivity contribution in [1.82, 2.24) is 10.2 Å². The van der Waals surface area contributed by atoms with E-state index in [1.54, 1.807) is 37.0 Å². The molecule has 0 aliphatic carbocycles. The second-order valence-corrected chi connectivity index (χ2v) is 9.01. The number of hydrogen-bond donors (Lipinski definition) is 1. The Kier molecular flexibility index (Phi) is 9.07. The first kappa shape index (κ1) is 24.5. The monoisotopic (exact) mass is 464 g/mol. The lowest BCUT2D eigenvalue weighted by molar-refractivity contribution is -0.140. The predicted molar refractivity (Wildman–Crippen MR) is 131 cm³/mol. The summed E-state index contributed by atoms with van der Waals surface area (Å²) in [5.74, 6) is -0.265. The molecule has 0 aliphatic heterocycles. The van der Waals surface area contributed by atoms with Crippen LogP contribution in [0.5, 0.6) is 0 Å². The molecule has 33 heavy (non-hydrogen) atoms. The average molecular weight is 465 g/mol. The van der Waals surface area contributed by atoms with Crippen LogP contribution in [-0.2, 0) is 22.6 Å². The Morgan fingerprint density at radius 1 is 0.970 bits per heavy atom. The van der Waals surface area contributed by atoms with Crippen LogP contribution >= 0.6 is 11.8 Å². The molecule has 0 fully saturated rings. The molecule has 0 spiro atoms. The molecule has 1 N–H and O–H groups in total. The van der Waals surface area contributed by atoms with E-state index in [1.165, 1.54) is 16.5 Å². The van der Waals surface area contributed by atoms with Gasteiger partial charge in [-0.3, -0.25) is 9.59 Å². The minimum absolute atomic E-state index is 0.0334. The molecule has 0 saturated carbocycles. The van der Waals surface area contributed by atoms with Gasteiger partial charge < -0.3 is 10.2 Å². The number of thioether (sulfide) groups is 1. The summed E-state index contributed by atoms with van der Waals surface area (Å²) in [6.07, 6.45) is 0.598. The highest BCUT2D eigenvalue weighted by molar-refractivity contribution is 7.99. The molecule has 3 aromatic rings. The van der Waals surface area contributed by atoms with Gasteiger partial charge in [-0.2, -0.15) is 0 Å². The maximum atomic E-state index is 14.4. The van der Waals surface area contributed by atoms with Crippen molar-refractivity contribution < 1.29 is 14.0 Å². The summed E-state index contributed by atoms with van der Waals surface area (Å²) < 4.78 is 14.4. The number of nitrogens with one attached hydrogen (secondary N) is 1. The maximum absolute atomic E-state index is 14.4. The van der Waals surface area contributed by atoms with E-state index in [0.29, 0.717) is 17.7 Å². The van der Waals surface area contributed by atoms with E-state index >= 15 is 0 Å². The van der Waals surface area contributed by atoms with Crippen molar-refractivity contribution in [3.05, 3.63) is 101 Å². The minimum Gasteiger partial charge on any atom is -0.357 e. The van der Waals surface area contributed by atoms with E-state index < -0.39 is 6.04 Å². The lowest BCUT2D eigenvalue weighted by Crippen LogP contribution is -2.49. The number of aryl methyl sites for hydroxylation is 1. The van der Waals surface area contributed by atoms with Gasteiger partial charge in [-0.05, 0) is 30.7 Å². The number of carbonyl (C=O) groups is 2. The van der Waals surface area contributed by atoms with Crippen LogP contribution < -0.4 is 5.32 Å². The predicted octanol–water partition coefficient (Wildman–Crippen LogP) is 5.00. The summed E-state index contributed by atoms with van der Waals surface area (Å²) in [5.41, 5.74) is 2.51. The van der Waals surface area contributed by atoms with Crippen molar-refractivity contribution in [3.63, 3.8) is 0 Å². The van der Waals surface area contributed by atoms with Crippen molar-refractivity contribution in [1.29, 1.82) is 0 Å². The molecule has 4 nitrogen and oxygen atoms in total. The van der Waals surface area contributed by atoms with Gasteiger partial charge in [-0.15, -0.1) is 11.8 Å². The lowest BCUT2D eigenvalue weighted by atomic mass is 10.0. The van der Waals surface area contributed by atoms with Crippen molar-refractivity contribution >= 4 is 23.6 Å². The lowest BCUT2D eigenvalue weighted by Gasteiger charge is -2.31. The summed E-state index contributed by atoms with van der Waals surface area (Å²) >= 11 is 1.59. The quantitative estimate of drug-likeness (QED) is 0.430. The fraction of sp³-hybridized carbons (Fsp3) is 0.259. The number of likely N-dealkylation sites (N-methyl/N-ethyl adjacent to an activating group) is 1. The number of halogens is 1. The van der Waals surface area contributed by atoms with Crippen LogP contribution in [-0.4, -0.2) is 35.6 Å². The number of carbonyl (C=O) groups excluding carboxylic acids is 2. The van der Waals surface area contributed by atoms with Gasteiger partial charge in [0.25, 0.3) is 0 Å². The van der Waals surface area contributed by atoms with E-state index in [0.717, 1.165) is 10.5 Å². The molecule has 172 valence electrons. The zero-order chi connectivity index (χ0) is 23.6. The molecule has 0 radical (unpaired) electrons. The molecule has 0 saturated heterocycles. The van der Waals surface area contributed by atoms with Crippen molar-refractivity contribution in [2.45, 2.75) is 37.2 Å². The largest absolute Gasteiger partial charge is 0.357 e. The summed E-state index contributed by atoms with van der Waals surface area (Å²) in [4.78, 5) is 28.8. The first-order chi connectivity index (χ1) is 16.0. The SMILES string of the molecule is CNC(=O)[C@@H](Cc1ccccc1)N(Cc1ccccc1F)C(=O)CCSc1ccc(C)cc1. The fourth-order valence-corrected chi connectivity index (χ4v) is 4.41. The van der Waals surface area contributed by atoms with Crippen LogP contribution in [0.15, 0.2) is 83.8 Å². The number of amides is 2. The smallest absolute Gasteiger partial charge is 0.242 e. The van der Waals surface area contributed by atoms with Crippen LogP contribution in [0.25, 0.3) is 0 Å². The van der Waals surface area contributed by atoms with Gasteiger partial charge in [0.1, 0.15) is 11.9 Å². The second-order valence-electron chi connectivity index (χ2n) is 7.84. The fourth-order valence-electron chi connectivity index (χ4n) is 3.57. The molecule has 3 rings (SSSR count). The molecule has 0 unspecified atom stereocenters. The molecule has 0 bridgehead atoms.